The number of hydrogen-bond donors (Lipinski definition) is 0. The van der Waals surface area contributed by atoms with Crippen LogP contribution in [0, 0.1) is 22.9 Å². The number of aryl methyl sites for hydroxylation is 1. The van der Waals surface area contributed by atoms with Crippen molar-refractivity contribution in [1.29, 1.82) is 0 Å². The van der Waals surface area contributed by atoms with Crippen molar-refractivity contribution in [3.63, 3.8) is 0 Å². The van der Waals surface area contributed by atoms with Crippen LogP contribution in [0.25, 0.3) is 11.4 Å². The van der Waals surface area contributed by atoms with Crippen molar-refractivity contribution in [3.05, 3.63) is 69.9 Å². The van der Waals surface area contributed by atoms with Crippen molar-refractivity contribution in [3.8, 4) is 17.1 Å². The van der Waals surface area contributed by atoms with E-state index in [9.17, 15) is 14.5 Å². The third-order valence-electron chi connectivity index (χ3n) is 3.30. The molecule has 0 atom stereocenters. The van der Waals surface area contributed by atoms with E-state index >= 15 is 0 Å². The summed E-state index contributed by atoms with van der Waals surface area (Å²) in [7, 11) is 0. The zero-order valence-electron chi connectivity index (χ0n) is 12.6. The first kappa shape index (κ1) is 15.6. The molecule has 0 N–H and O–H groups in total. The molecular formula is C16H12FN3O4. The van der Waals surface area contributed by atoms with Crippen LogP contribution >= 0.6 is 0 Å². The van der Waals surface area contributed by atoms with Gasteiger partial charge in [-0.15, -0.1) is 0 Å². The number of aromatic nitrogens is 2. The van der Waals surface area contributed by atoms with E-state index in [1.807, 2.05) is 0 Å². The topological polar surface area (TPSA) is 91.3 Å². The Hall–Kier alpha value is -3.29. The van der Waals surface area contributed by atoms with Gasteiger partial charge < -0.3 is 9.26 Å². The fraction of sp³-hybridized carbons (Fsp3) is 0.125. The van der Waals surface area contributed by atoms with Crippen LogP contribution < -0.4 is 4.74 Å². The van der Waals surface area contributed by atoms with E-state index in [-0.39, 0.29) is 24.0 Å². The molecule has 8 heteroatoms. The van der Waals surface area contributed by atoms with Gasteiger partial charge in [0.25, 0.3) is 11.6 Å². The molecular weight excluding hydrogens is 317 g/mol. The lowest BCUT2D eigenvalue weighted by molar-refractivity contribution is -0.385. The average molecular weight is 329 g/mol. The fourth-order valence-corrected chi connectivity index (χ4v) is 2.10. The first-order chi connectivity index (χ1) is 11.5. The molecule has 1 heterocycles. The second-order valence-electron chi connectivity index (χ2n) is 5.01. The molecule has 2 aromatic carbocycles. The summed E-state index contributed by atoms with van der Waals surface area (Å²) in [5, 5.41) is 14.6. The van der Waals surface area contributed by atoms with Gasteiger partial charge in [-0.3, -0.25) is 10.1 Å². The summed E-state index contributed by atoms with van der Waals surface area (Å²) in [5.41, 5.74) is 1.14. The summed E-state index contributed by atoms with van der Waals surface area (Å²) in [5.74, 6) is 0.679. The fourth-order valence-electron chi connectivity index (χ4n) is 2.10. The van der Waals surface area contributed by atoms with Gasteiger partial charge in [0.05, 0.1) is 4.92 Å². The van der Waals surface area contributed by atoms with Crippen molar-refractivity contribution < 1.29 is 18.6 Å². The lowest BCUT2D eigenvalue weighted by Gasteiger charge is -2.04. The van der Waals surface area contributed by atoms with Gasteiger partial charge in [0.15, 0.2) is 6.61 Å². The molecule has 122 valence electrons. The van der Waals surface area contributed by atoms with E-state index in [4.69, 9.17) is 9.26 Å². The smallest absolute Gasteiger partial charge is 0.272 e. The highest BCUT2D eigenvalue weighted by Gasteiger charge is 2.12. The Morgan fingerprint density at radius 3 is 2.67 bits per heavy atom. The van der Waals surface area contributed by atoms with Crippen molar-refractivity contribution >= 4 is 5.69 Å². The van der Waals surface area contributed by atoms with Crippen LogP contribution in [0.5, 0.6) is 5.75 Å². The number of halogens is 1. The van der Waals surface area contributed by atoms with E-state index in [0.29, 0.717) is 22.7 Å². The minimum atomic E-state index is -0.452. The van der Waals surface area contributed by atoms with Crippen LogP contribution in [0.3, 0.4) is 0 Å². The Morgan fingerprint density at radius 2 is 2.00 bits per heavy atom. The summed E-state index contributed by atoms with van der Waals surface area (Å²) < 4.78 is 23.5. The van der Waals surface area contributed by atoms with Crippen LogP contribution in [-0.2, 0) is 6.61 Å². The molecule has 0 bridgehead atoms. The monoisotopic (exact) mass is 329 g/mol. The minimum absolute atomic E-state index is 0.0193. The predicted molar refractivity (Wildman–Crippen MR) is 81.9 cm³/mol. The Bertz CT molecular complexity index is 877. The van der Waals surface area contributed by atoms with Gasteiger partial charge in [0.1, 0.15) is 11.6 Å². The number of rotatable bonds is 5. The number of hydrogen-bond acceptors (Lipinski definition) is 6. The quantitative estimate of drug-likeness (QED) is 0.524. The third kappa shape index (κ3) is 3.37. The van der Waals surface area contributed by atoms with Crippen molar-refractivity contribution in [1.82, 2.24) is 10.1 Å². The molecule has 0 aliphatic heterocycles. The number of benzene rings is 2. The van der Waals surface area contributed by atoms with Gasteiger partial charge in [-0.05, 0) is 43.3 Å². The van der Waals surface area contributed by atoms with E-state index in [1.165, 1.54) is 24.3 Å². The van der Waals surface area contributed by atoms with Gasteiger partial charge >= 0.3 is 0 Å². The minimum Gasteiger partial charge on any atom is -0.484 e. The highest BCUT2D eigenvalue weighted by molar-refractivity contribution is 5.53. The molecule has 3 rings (SSSR count). The van der Waals surface area contributed by atoms with Crippen LogP contribution in [-0.4, -0.2) is 15.1 Å². The van der Waals surface area contributed by atoms with E-state index < -0.39 is 4.92 Å². The van der Waals surface area contributed by atoms with Crippen LogP contribution in [0.1, 0.15) is 11.5 Å². The normalized spacial score (nSPS) is 10.6. The van der Waals surface area contributed by atoms with Gasteiger partial charge in [-0.2, -0.15) is 4.98 Å². The maximum Gasteiger partial charge on any atom is 0.272 e. The Balaban J connectivity index is 1.68. The number of nitro groups is 1. The third-order valence-corrected chi connectivity index (χ3v) is 3.30. The maximum atomic E-state index is 12.9. The highest BCUT2D eigenvalue weighted by Crippen LogP contribution is 2.24. The van der Waals surface area contributed by atoms with Crippen molar-refractivity contribution in [2.75, 3.05) is 0 Å². The van der Waals surface area contributed by atoms with Crippen LogP contribution in [0.2, 0.25) is 0 Å². The van der Waals surface area contributed by atoms with Crippen molar-refractivity contribution in [2.45, 2.75) is 13.5 Å². The lowest BCUT2D eigenvalue weighted by atomic mass is 10.2. The van der Waals surface area contributed by atoms with Crippen LogP contribution in [0.15, 0.2) is 47.0 Å². The van der Waals surface area contributed by atoms with Gasteiger partial charge in [-0.25, -0.2) is 4.39 Å². The van der Waals surface area contributed by atoms with Gasteiger partial charge in [-0.1, -0.05) is 5.16 Å². The molecule has 0 fully saturated rings. The first-order valence-electron chi connectivity index (χ1n) is 6.99. The predicted octanol–water partition coefficient (Wildman–Crippen LogP) is 3.67. The SMILES string of the molecule is Cc1cc(OCc2nc(-c3ccc(F)cc3)no2)ccc1[N+](=O)[O-]. The Morgan fingerprint density at radius 1 is 1.25 bits per heavy atom. The molecule has 1 aromatic heterocycles. The molecule has 7 nitrogen and oxygen atoms in total. The zero-order valence-corrected chi connectivity index (χ0v) is 12.6. The molecule has 3 aromatic rings. The standard InChI is InChI=1S/C16H12FN3O4/c1-10-8-13(6-7-14(10)20(21)22)23-9-15-18-16(19-24-15)11-2-4-12(17)5-3-11/h2-8H,9H2,1H3. The maximum absolute atomic E-state index is 12.9. The Kier molecular flexibility index (Phi) is 4.19. The molecule has 0 saturated heterocycles. The second kappa shape index (κ2) is 6.45. The van der Waals surface area contributed by atoms with Crippen molar-refractivity contribution in [2.24, 2.45) is 0 Å². The van der Waals surface area contributed by atoms with E-state index in [1.54, 1.807) is 25.1 Å². The van der Waals surface area contributed by atoms with Gasteiger partial charge in [0.2, 0.25) is 5.82 Å². The summed E-state index contributed by atoms with van der Waals surface area (Å²) in [4.78, 5) is 14.5. The van der Waals surface area contributed by atoms with Crippen LogP contribution in [0.4, 0.5) is 10.1 Å². The molecule has 0 aliphatic carbocycles. The number of nitrogens with zero attached hydrogens (tertiary/aromatic N) is 3. The molecule has 0 spiro atoms. The highest BCUT2D eigenvalue weighted by atomic mass is 19.1. The molecule has 0 saturated carbocycles. The summed E-state index contributed by atoms with van der Waals surface area (Å²) >= 11 is 0. The zero-order chi connectivity index (χ0) is 17.1. The Labute approximate surface area is 135 Å². The van der Waals surface area contributed by atoms with Gasteiger partial charge in [0, 0.05) is 17.2 Å². The molecule has 0 unspecified atom stereocenters. The molecule has 24 heavy (non-hydrogen) atoms. The largest absolute Gasteiger partial charge is 0.484 e. The summed E-state index contributed by atoms with van der Waals surface area (Å²) in [6.45, 7) is 1.65. The molecule has 0 amide bonds. The number of nitro benzene ring substituents is 1. The molecule has 0 aliphatic rings. The average Bonchev–Trinajstić information content (AvgIpc) is 3.02. The summed E-state index contributed by atoms with van der Waals surface area (Å²) in [6.07, 6.45) is 0. The molecule has 0 radical (unpaired) electrons. The second-order valence-corrected chi connectivity index (χ2v) is 5.01. The lowest BCUT2D eigenvalue weighted by Crippen LogP contribution is -1.97. The summed E-state index contributed by atoms with van der Waals surface area (Å²) in [6, 6.07) is 10.2. The van der Waals surface area contributed by atoms with E-state index in [0.717, 1.165) is 0 Å². The first-order valence-corrected chi connectivity index (χ1v) is 6.99. The number of ether oxygens (including phenoxy) is 1. The van der Waals surface area contributed by atoms with E-state index in [2.05, 4.69) is 10.1 Å².